The highest BCUT2D eigenvalue weighted by atomic mass is 16.2. The molecule has 1 aromatic heterocycles. The molecule has 2 heterocycles. The molecular weight excluding hydrogens is 176 g/mol. The Kier molecular flexibility index (Phi) is 2.48. The van der Waals surface area contributed by atoms with E-state index in [0.717, 1.165) is 31.5 Å². The van der Waals surface area contributed by atoms with Crippen LogP contribution in [0.15, 0.2) is 24.5 Å². The van der Waals surface area contributed by atoms with Crippen molar-refractivity contribution in [2.45, 2.75) is 12.8 Å². The highest BCUT2D eigenvalue weighted by molar-refractivity contribution is 5.93. The third-order valence-electron chi connectivity index (χ3n) is 2.58. The van der Waals surface area contributed by atoms with E-state index in [1.165, 1.54) is 0 Å². The third kappa shape index (κ3) is 1.76. The van der Waals surface area contributed by atoms with E-state index in [1.807, 2.05) is 41.0 Å². The number of hydrogen-bond donors (Lipinski definition) is 0. The molecule has 0 N–H and O–H groups in total. The van der Waals surface area contributed by atoms with Crippen LogP contribution < -0.4 is 4.57 Å². The number of rotatable bonds is 1. The Bertz CT molecular complexity index is 343. The number of hydrogen-bond acceptors (Lipinski definition) is 1. The van der Waals surface area contributed by atoms with Gasteiger partial charge in [0, 0.05) is 19.2 Å². The summed E-state index contributed by atoms with van der Waals surface area (Å²) < 4.78 is 1.91. The minimum atomic E-state index is 0.165. The molecule has 74 valence electrons. The average Bonchev–Trinajstić information content (AvgIpc) is 2.69. The second-order valence-electron chi connectivity index (χ2n) is 3.76. The predicted molar refractivity (Wildman–Crippen MR) is 52.8 cm³/mol. The van der Waals surface area contributed by atoms with Crippen LogP contribution in [-0.4, -0.2) is 23.9 Å². The van der Waals surface area contributed by atoms with Crippen molar-refractivity contribution in [3.63, 3.8) is 0 Å². The summed E-state index contributed by atoms with van der Waals surface area (Å²) in [4.78, 5) is 13.8. The van der Waals surface area contributed by atoms with Crippen LogP contribution in [0, 0.1) is 0 Å². The van der Waals surface area contributed by atoms with Gasteiger partial charge in [0.25, 0.3) is 5.91 Å². The number of amides is 1. The number of nitrogens with zero attached hydrogens (tertiary/aromatic N) is 2. The fourth-order valence-corrected chi connectivity index (χ4v) is 1.82. The van der Waals surface area contributed by atoms with Crippen LogP contribution in [0.25, 0.3) is 0 Å². The van der Waals surface area contributed by atoms with E-state index in [1.54, 1.807) is 0 Å². The number of carbonyl (C=O) groups is 1. The van der Waals surface area contributed by atoms with Crippen LogP contribution in [-0.2, 0) is 7.05 Å². The lowest BCUT2D eigenvalue weighted by atomic mass is 10.2. The first kappa shape index (κ1) is 9.19. The summed E-state index contributed by atoms with van der Waals surface area (Å²) in [6, 6.07) is 3.78. The molecular formula is C11H15N2O+. The van der Waals surface area contributed by atoms with Gasteiger partial charge in [-0.2, -0.15) is 0 Å². The lowest BCUT2D eigenvalue weighted by Crippen LogP contribution is -2.32. The monoisotopic (exact) mass is 191 g/mol. The summed E-state index contributed by atoms with van der Waals surface area (Å²) in [5.74, 6) is 0.165. The zero-order chi connectivity index (χ0) is 9.97. The average molecular weight is 191 g/mol. The number of likely N-dealkylation sites (tertiary alicyclic amines) is 1. The van der Waals surface area contributed by atoms with E-state index in [9.17, 15) is 4.79 Å². The van der Waals surface area contributed by atoms with Gasteiger partial charge >= 0.3 is 0 Å². The fourth-order valence-electron chi connectivity index (χ4n) is 1.82. The van der Waals surface area contributed by atoms with Crippen molar-refractivity contribution in [3.8, 4) is 0 Å². The molecule has 0 bridgehead atoms. The normalized spacial score (nSPS) is 15.9. The van der Waals surface area contributed by atoms with Gasteiger partial charge in [-0.25, -0.2) is 4.57 Å². The highest BCUT2D eigenvalue weighted by Crippen LogP contribution is 2.11. The van der Waals surface area contributed by atoms with Crippen molar-refractivity contribution in [3.05, 3.63) is 30.1 Å². The van der Waals surface area contributed by atoms with E-state index in [4.69, 9.17) is 0 Å². The number of pyridine rings is 1. The predicted octanol–water partition coefficient (Wildman–Crippen LogP) is 0.747. The van der Waals surface area contributed by atoms with Gasteiger partial charge in [-0.15, -0.1) is 0 Å². The van der Waals surface area contributed by atoms with Gasteiger partial charge in [0.15, 0.2) is 12.4 Å². The molecule has 0 spiro atoms. The lowest BCUT2D eigenvalue weighted by Gasteiger charge is -2.13. The smallest absolute Gasteiger partial charge is 0.259 e. The fraction of sp³-hybridized carbons (Fsp3) is 0.455. The van der Waals surface area contributed by atoms with Crippen LogP contribution >= 0.6 is 0 Å². The topological polar surface area (TPSA) is 24.2 Å². The van der Waals surface area contributed by atoms with Gasteiger partial charge in [-0.1, -0.05) is 0 Å². The molecule has 0 aromatic carbocycles. The first-order valence-corrected chi connectivity index (χ1v) is 5.02. The summed E-state index contributed by atoms with van der Waals surface area (Å²) in [6.07, 6.45) is 6.09. The summed E-state index contributed by atoms with van der Waals surface area (Å²) in [7, 11) is 1.93. The summed E-state index contributed by atoms with van der Waals surface area (Å²) in [5, 5.41) is 0. The minimum absolute atomic E-state index is 0.165. The Labute approximate surface area is 84.0 Å². The molecule has 3 nitrogen and oxygen atoms in total. The van der Waals surface area contributed by atoms with Crippen molar-refractivity contribution in [2.75, 3.05) is 13.1 Å². The van der Waals surface area contributed by atoms with Crippen LogP contribution in [0.1, 0.15) is 23.2 Å². The quantitative estimate of drug-likeness (QED) is 0.601. The Morgan fingerprint density at radius 2 is 2.14 bits per heavy atom. The molecule has 0 radical (unpaired) electrons. The number of aryl methyl sites for hydroxylation is 1. The van der Waals surface area contributed by atoms with Gasteiger partial charge in [0.05, 0.1) is 0 Å². The third-order valence-corrected chi connectivity index (χ3v) is 2.58. The maximum absolute atomic E-state index is 11.9. The van der Waals surface area contributed by atoms with E-state index in [0.29, 0.717) is 0 Å². The van der Waals surface area contributed by atoms with Crippen molar-refractivity contribution in [2.24, 2.45) is 7.05 Å². The largest absolute Gasteiger partial charge is 0.338 e. The zero-order valence-electron chi connectivity index (χ0n) is 8.44. The van der Waals surface area contributed by atoms with Crippen LogP contribution in [0.2, 0.25) is 0 Å². The summed E-state index contributed by atoms with van der Waals surface area (Å²) in [6.45, 7) is 1.83. The molecule has 1 aromatic rings. The van der Waals surface area contributed by atoms with Crippen molar-refractivity contribution in [1.29, 1.82) is 0 Å². The van der Waals surface area contributed by atoms with Gasteiger partial charge in [-0.05, 0) is 18.9 Å². The summed E-state index contributed by atoms with van der Waals surface area (Å²) in [5.41, 5.74) is 0.789. The van der Waals surface area contributed by atoms with Crippen molar-refractivity contribution in [1.82, 2.24) is 4.90 Å². The number of aromatic nitrogens is 1. The van der Waals surface area contributed by atoms with Gasteiger partial charge in [0.1, 0.15) is 12.6 Å². The lowest BCUT2D eigenvalue weighted by molar-refractivity contribution is -0.671. The Balaban J connectivity index is 2.17. The maximum Gasteiger partial charge on any atom is 0.259 e. The van der Waals surface area contributed by atoms with Gasteiger partial charge in [-0.3, -0.25) is 4.79 Å². The van der Waals surface area contributed by atoms with Crippen molar-refractivity contribution < 1.29 is 9.36 Å². The molecule has 0 unspecified atom stereocenters. The molecule has 1 aliphatic rings. The zero-order valence-corrected chi connectivity index (χ0v) is 8.44. The molecule has 2 rings (SSSR count). The van der Waals surface area contributed by atoms with Crippen LogP contribution in [0.5, 0.6) is 0 Å². The van der Waals surface area contributed by atoms with E-state index in [-0.39, 0.29) is 5.91 Å². The standard InChI is InChI=1S/C11H15N2O/c1-12-6-4-5-10(9-12)11(14)13-7-2-3-8-13/h4-6,9H,2-3,7-8H2,1H3/q+1. The van der Waals surface area contributed by atoms with Gasteiger partial charge in [0.2, 0.25) is 0 Å². The number of carbonyl (C=O) groups excluding carboxylic acids is 1. The second kappa shape index (κ2) is 3.78. The van der Waals surface area contributed by atoms with E-state index in [2.05, 4.69) is 0 Å². The Morgan fingerprint density at radius 3 is 2.79 bits per heavy atom. The molecule has 14 heavy (non-hydrogen) atoms. The van der Waals surface area contributed by atoms with E-state index < -0.39 is 0 Å². The van der Waals surface area contributed by atoms with Crippen LogP contribution in [0.3, 0.4) is 0 Å². The molecule has 0 aliphatic carbocycles. The molecule has 1 amide bonds. The Morgan fingerprint density at radius 1 is 1.43 bits per heavy atom. The first-order chi connectivity index (χ1) is 6.77. The highest BCUT2D eigenvalue weighted by Gasteiger charge is 2.20. The van der Waals surface area contributed by atoms with E-state index >= 15 is 0 Å². The molecule has 3 heteroatoms. The first-order valence-electron chi connectivity index (χ1n) is 5.02. The maximum atomic E-state index is 11.9. The summed E-state index contributed by atoms with van der Waals surface area (Å²) >= 11 is 0. The van der Waals surface area contributed by atoms with Gasteiger partial charge < -0.3 is 4.90 Å². The SMILES string of the molecule is C[n+]1cccc(C(=O)N2CCCC2)c1. The Hall–Kier alpha value is -1.38. The van der Waals surface area contributed by atoms with Crippen molar-refractivity contribution >= 4 is 5.91 Å². The minimum Gasteiger partial charge on any atom is -0.338 e. The second-order valence-corrected chi connectivity index (χ2v) is 3.76. The molecule has 0 saturated carbocycles. The van der Waals surface area contributed by atoms with Crippen LogP contribution in [0.4, 0.5) is 0 Å². The molecule has 1 fully saturated rings. The molecule has 0 atom stereocenters. The molecule has 1 saturated heterocycles. The molecule has 1 aliphatic heterocycles.